The Labute approximate surface area is 151 Å². The summed E-state index contributed by atoms with van der Waals surface area (Å²) in [5, 5.41) is 6.58. The number of aliphatic imine (C=N–C) groups is 1. The lowest BCUT2D eigenvalue weighted by Crippen LogP contribution is -2.37. The lowest BCUT2D eigenvalue weighted by molar-refractivity contribution is 0.108. The highest BCUT2D eigenvalue weighted by Crippen LogP contribution is 2.29. The van der Waals surface area contributed by atoms with Gasteiger partial charge in [0.25, 0.3) is 0 Å². The van der Waals surface area contributed by atoms with E-state index in [1.54, 1.807) is 7.05 Å². The molecule has 1 fully saturated rings. The number of hydrogen-bond acceptors (Lipinski definition) is 4. The average molecular weight is 348 g/mol. The molecule has 0 radical (unpaired) electrons. The third-order valence-electron chi connectivity index (χ3n) is 3.85. The summed E-state index contributed by atoms with van der Waals surface area (Å²) >= 11 is 0. The highest BCUT2D eigenvalue weighted by molar-refractivity contribution is 5.79. The molecule has 0 amide bonds. The van der Waals surface area contributed by atoms with E-state index in [1.807, 2.05) is 18.3 Å². The summed E-state index contributed by atoms with van der Waals surface area (Å²) in [6.45, 7) is 8.22. The Morgan fingerprint density at radius 2 is 2.16 bits per heavy atom. The van der Waals surface area contributed by atoms with Crippen LogP contribution in [-0.2, 0) is 11.3 Å². The Kier molecular flexibility index (Phi) is 8.52. The molecule has 6 heteroatoms. The lowest BCUT2D eigenvalue weighted by atomic mass is 10.2. The first kappa shape index (κ1) is 19.5. The van der Waals surface area contributed by atoms with Crippen LogP contribution in [0.1, 0.15) is 38.7 Å². The quantitative estimate of drug-likeness (QED) is 0.365. The maximum atomic E-state index is 5.65. The van der Waals surface area contributed by atoms with Gasteiger partial charge in [0.05, 0.1) is 6.61 Å². The molecule has 0 aliphatic heterocycles. The molecule has 0 atom stereocenters. The minimum Gasteiger partial charge on any atom is -0.477 e. The lowest BCUT2D eigenvalue weighted by Gasteiger charge is -2.12. The summed E-state index contributed by atoms with van der Waals surface area (Å²) in [6.07, 6.45) is 5.39. The fraction of sp³-hybridized carbons (Fsp3) is 0.684. The maximum absolute atomic E-state index is 5.65. The molecule has 1 aromatic rings. The molecule has 0 spiro atoms. The largest absolute Gasteiger partial charge is 0.477 e. The Hall–Kier alpha value is -1.82. The van der Waals surface area contributed by atoms with Crippen molar-refractivity contribution in [2.75, 3.05) is 33.4 Å². The van der Waals surface area contributed by atoms with E-state index in [0.717, 1.165) is 50.2 Å². The van der Waals surface area contributed by atoms with Gasteiger partial charge in [-0.1, -0.05) is 19.9 Å². The van der Waals surface area contributed by atoms with E-state index in [0.29, 0.717) is 18.3 Å². The smallest absolute Gasteiger partial charge is 0.213 e. The van der Waals surface area contributed by atoms with Crippen LogP contribution in [0.5, 0.6) is 5.88 Å². The third kappa shape index (κ3) is 8.72. The Bertz CT molecular complexity index is 513. The van der Waals surface area contributed by atoms with Gasteiger partial charge < -0.3 is 20.1 Å². The van der Waals surface area contributed by atoms with Crippen molar-refractivity contribution in [1.82, 2.24) is 15.6 Å². The van der Waals surface area contributed by atoms with Gasteiger partial charge in [-0.3, -0.25) is 4.99 Å². The van der Waals surface area contributed by atoms with Crippen molar-refractivity contribution in [1.29, 1.82) is 0 Å². The second kappa shape index (κ2) is 10.9. The number of pyridine rings is 1. The van der Waals surface area contributed by atoms with Gasteiger partial charge in [-0.05, 0) is 36.7 Å². The molecule has 0 saturated heterocycles. The predicted molar refractivity (Wildman–Crippen MR) is 101 cm³/mol. The molecule has 6 nitrogen and oxygen atoms in total. The molecule has 1 aliphatic carbocycles. The second-order valence-corrected chi connectivity index (χ2v) is 6.93. The van der Waals surface area contributed by atoms with Crippen LogP contribution in [0.15, 0.2) is 23.3 Å². The number of hydrogen-bond donors (Lipinski definition) is 2. The van der Waals surface area contributed by atoms with E-state index < -0.39 is 0 Å². The van der Waals surface area contributed by atoms with Crippen LogP contribution >= 0.6 is 0 Å². The van der Waals surface area contributed by atoms with E-state index in [1.165, 1.54) is 12.8 Å². The molecule has 1 aliphatic rings. The first-order valence-electron chi connectivity index (χ1n) is 9.27. The van der Waals surface area contributed by atoms with Gasteiger partial charge in [-0.15, -0.1) is 0 Å². The van der Waals surface area contributed by atoms with Gasteiger partial charge >= 0.3 is 0 Å². The number of rotatable bonds is 11. The zero-order chi connectivity index (χ0) is 17.9. The number of ether oxygens (including phenoxy) is 2. The summed E-state index contributed by atoms with van der Waals surface area (Å²) in [4.78, 5) is 8.58. The van der Waals surface area contributed by atoms with Gasteiger partial charge in [-0.25, -0.2) is 4.98 Å². The van der Waals surface area contributed by atoms with Crippen LogP contribution < -0.4 is 15.4 Å². The van der Waals surface area contributed by atoms with E-state index in [-0.39, 0.29) is 0 Å². The van der Waals surface area contributed by atoms with Gasteiger partial charge in [0.2, 0.25) is 5.88 Å². The van der Waals surface area contributed by atoms with Crippen LogP contribution in [0, 0.1) is 11.8 Å². The monoisotopic (exact) mass is 348 g/mol. The molecule has 1 saturated carbocycles. The standard InChI is InChI=1S/C19H32N4O2/c1-15(2)13-24-10-4-9-21-19(20-3)23-12-17-7-8-18(22-11-17)25-14-16-5-6-16/h7-8,11,15-16H,4-6,9-10,12-14H2,1-3H3,(H2,20,21,23). The Morgan fingerprint density at radius 1 is 1.32 bits per heavy atom. The highest BCUT2D eigenvalue weighted by atomic mass is 16.5. The minimum atomic E-state index is 0.585. The molecule has 140 valence electrons. The van der Waals surface area contributed by atoms with Crippen molar-refractivity contribution in [2.24, 2.45) is 16.8 Å². The van der Waals surface area contributed by atoms with Crippen molar-refractivity contribution in [3.05, 3.63) is 23.9 Å². The Morgan fingerprint density at radius 3 is 2.80 bits per heavy atom. The minimum absolute atomic E-state index is 0.585. The molecule has 2 N–H and O–H groups in total. The molecule has 25 heavy (non-hydrogen) atoms. The summed E-state index contributed by atoms with van der Waals surface area (Å²) in [5.41, 5.74) is 1.10. The van der Waals surface area contributed by atoms with Crippen molar-refractivity contribution < 1.29 is 9.47 Å². The number of nitrogens with one attached hydrogen (secondary N) is 2. The fourth-order valence-electron chi connectivity index (χ4n) is 2.20. The number of guanidine groups is 1. The maximum Gasteiger partial charge on any atom is 0.213 e. The van der Waals surface area contributed by atoms with E-state index in [4.69, 9.17) is 9.47 Å². The molecular formula is C19H32N4O2. The topological polar surface area (TPSA) is 67.8 Å². The molecule has 0 unspecified atom stereocenters. The zero-order valence-corrected chi connectivity index (χ0v) is 15.8. The van der Waals surface area contributed by atoms with Crippen LogP contribution in [0.25, 0.3) is 0 Å². The first-order chi connectivity index (χ1) is 12.2. The SMILES string of the molecule is CN=C(NCCCOCC(C)C)NCc1ccc(OCC2CC2)nc1. The fourth-order valence-corrected chi connectivity index (χ4v) is 2.20. The molecule has 1 aromatic heterocycles. The summed E-state index contributed by atoms with van der Waals surface area (Å²) in [7, 11) is 1.78. The van der Waals surface area contributed by atoms with Crippen LogP contribution in [0.2, 0.25) is 0 Å². The van der Waals surface area contributed by atoms with Crippen molar-refractivity contribution >= 4 is 5.96 Å². The molecule has 2 rings (SSSR count). The van der Waals surface area contributed by atoms with Crippen molar-refractivity contribution in [2.45, 2.75) is 39.7 Å². The Balaban J connectivity index is 1.59. The van der Waals surface area contributed by atoms with E-state index >= 15 is 0 Å². The highest BCUT2D eigenvalue weighted by Gasteiger charge is 2.21. The normalized spacial score (nSPS) is 14.6. The van der Waals surface area contributed by atoms with Crippen molar-refractivity contribution in [3.63, 3.8) is 0 Å². The second-order valence-electron chi connectivity index (χ2n) is 6.93. The number of aromatic nitrogens is 1. The summed E-state index contributed by atoms with van der Waals surface area (Å²) in [6, 6.07) is 3.97. The van der Waals surface area contributed by atoms with Crippen molar-refractivity contribution in [3.8, 4) is 5.88 Å². The molecule has 1 heterocycles. The van der Waals surface area contributed by atoms with Gasteiger partial charge in [0, 0.05) is 45.6 Å². The van der Waals surface area contributed by atoms with Crippen LogP contribution in [-0.4, -0.2) is 44.4 Å². The average Bonchev–Trinajstić information content (AvgIpc) is 3.44. The number of nitrogens with zero attached hydrogens (tertiary/aromatic N) is 2. The molecular weight excluding hydrogens is 316 g/mol. The third-order valence-corrected chi connectivity index (χ3v) is 3.85. The summed E-state index contributed by atoms with van der Waals surface area (Å²) in [5.74, 6) is 2.83. The van der Waals surface area contributed by atoms with Gasteiger partial charge in [0.15, 0.2) is 5.96 Å². The van der Waals surface area contributed by atoms with Crippen LogP contribution in [0.3, 0.4) is 0 Å². The molecule has 0 bridgehead atoms. The zero-order valence-electron chi connectivity index (χ0n) is 15.8. The van der Waals surface area contributed by atoms with Crippen LogP contribution in [0.4, 0.5) is 0 Å². The predicted octanol–water partition coefficient (Wildman–Crippen LogP) is 2.60. The molecule has 0 aromatic carbocycles. The summed E-state index contributed by atoms with van der Waals surface area (Å²) < 4.78 is 11.2. The van der Waals surface area contributed by atoms with E-state index in [9.17, 15) is 0 Å². The van der Waals surface area contributed by atoms with Gasteiger partial charge in [-0.2, -0.15) is 0 Å². The van der Waals surface area contributed by atoms with Gasteiger partial charge in [0.1, 0.15) is 0 Å². The van der Waals surface area contributed by atoms with E-state index in [2.05, 4.69) is 34.5 Å². The first-order valence-corrected chi connectivity index (χ1v) is 9.27.